The number of amides is 1. The van der Waals surface area contributed by atoms with Gasteiger partial charge in [0.1, 0.15) is 4.88 Å². The Hall–Kier alpha value is -0.230. The fourth-order valence-electron chi connectivity index (χ4n) is 2.45. The molecule has 114 valence electrons. The van der Waals surface area contributed by atoms with Crippen LogP contribution in [0.3, 0.4) is 0 Å². The lowest BCUT2D eigenvalue weighted by Gasteiger charge is -2.32. The third-order valence-electron chi connectivity index (χ3n) is 3.63. The van der Waals surface area contributed by atoms with Crippen molar-refractivity contribution in [1.29, 1.82) is 0 Å². The van der Waals surface area contributed by atoms with Gasteiger partial charge in [0, 0.05) is 18.0 Å². The van der Waals surface area contributed by atoms with Crippen molar-refractivity contribution in [2.75, 3.05) is 32.4 Å². The van der Waals surface area contributed by atoms with E-state index in [-0.39, 0.29) is 18.3 Å². The Labute approximate surface area is 135 Å². The Morgan fingerprint density at radius 1 is 1.50 bits per heavy atom. The molecule has 1 aromatic rings. The van der Waals surface area contributed by atoms with E-state index in [2.05, 4.69) is 12.2 Å². The molecule has 1 aromatic heterocycles. The van der Waals surface area contributed by atoms with Gasteiger partial charge in [-0.05, 0) is 49.6 Å². The third kappa shape index (κ3) is 4.38. The molecular formula is C14H23ClN2OS2. The van der Waals surface area contributed by atoms with E-state index in [9.17, 15) is 4.79 Å². The summed E-state index contributed by atoms with van der Waals surface area (Å²) >= 11 is 3.23. The number of nitrogens with one attached hydrogen (secondary N) is 1. The summed E-state index contributed by atoms with van der Waals surface area (Å²) in [4.78, 5) is 16.5. The van der Waals surface area contributed by atoms with E-state index in [1.807, 2.05) is 22.6 Å². The monoisotopic (exact) mass is 334 g/mol. The van der Waals surface area contributed by atoms with Crippen LogP contribution in [0.2, 0.25) is 0 Å². The van der Waals surface area contributed by atoms with Gasteiger partial charge in [0.25, 0.3) is 5.91 Å². The Kier molecular flexibility index (Phi) is 7.95. The normalized spacial score (nSPS) is 16.0. The molecule has 2 rings (SSSR count). The molecule has 20 heavy (non-hydrogen) atoms. The van der Waals surface area contributed by atoms with Gasteiger partial charge < -0.3 is 10.2 Å². The van der Waals surface area contributed by atoms with Crippen molar-refractivity contribution >= 4 is 41.4 Å². The summed E-state index contributed by atoms with van der Waals surface area (Å²) in [5.41, 5.74) is 0. The van der Waals surface area contributed by atoms with E-state index in [4.69, 9.17) is 0 Å². The topological polar surface area (TPSA) is 32.3 Å². The van der Waals surface area contributed by atoms with Gasteiger partial charge in [0.2, 0.25) is 0 Å². The highest BCUT2D eigenvalue weighted by Gasteiger charge is 2.25. The molecule has 0 atom stereocenters. The molecule has 1 aliphatic heterocycles. The minimum Gasteiger partial charge on any atom is -0.338 e. The fourth-order valence-corrected chi connectivity index (χ4v) is 4.16. The lowest BCUT2D eigenvalue weighted by molar-refractivity contribution is 0.0692. The first-order chi connectivity index (χ1) is 9.26. The number of carbonyl (C=O) groups is 1. The zero-order chi connectivity index (χ0) is 13.7. The number of hydrogen-bond donors (Lipinski definition) is 1. The molecule has 6 heteroatoms. The number of piperidine rings is 1. The highest BCUT2D eigenvalue weighted by atomic mass is 35.5. The van der Waals surface area contributed by atoms with Gasteiger partial charge in [-0.3, -0.25) is 4.79 Å². The van der Waals surface area contributed by atoms with E-state index >= 15 is 0 Å². The largest absolute Gasteiger partial charge is 0.338 e. The molecule has 1 amide bonds. The summed E-state index contributed by atoms with van der Waals surface area (Å²) < 4.78 is 0. The predicted molar refractivity (Wildman–Crippen MR) is 90.5 cm³/mol. The van der Waals surface area contributed by atoms with Crippen molar-refractivity contribution < 1.29 is 4.79 Å². The quantitative estimate of drug-likeness (QED) is 0.838. The molecule has 1 N–H and O–H groups in total. The smallest absolute Gasteiger partial charge is 0.265 e. The fraction of sp³-hybridized carbons (Fsp3) is 0.643. The summed E-state index contributed by atoms with van der Waals surface area (Å²) in [5.74, 6) is 0.952. The number of nitrogens with zero attached hydrogens (tertiary/aromatic N) is 1. The van der Waals surface area contributed by atoms with Gasteiger partial charge in [-0.2, -0.15) is 0 Å². The molecule has 0 saturated carbocycles. The first-order valence-corrected chi connectivity index (χ1v) is 8.98. The van der Waals surface area contributed by atoms with E-state index < -0.39 is 0 Å². The van der Waals surface area contributed by atoms with Crippen LogP contribution < -0.4 is 5.32 Å². The molecule has 3 nitrogen and oxygen atoms in total. The Morgan fingerprint density at radius 2 is 2.20 bits per heavy atom. The van der Waals surface area contributed by atoms with Gasteiger partial charge in [0.15, 0.2) is 0 Å². The predicted octanol–water partition coefficient (Wildman–Crippen LogP) is 3.35. The van der Waals surface area contributed by atoms with Crippen LogP contribution in [0.4, 0.5) is 0 Å². The zero-order valence-corrected chi connectivity index (χ0v) is 14.5. The lowest BCUT2D eigenvalue weighted by Crippen LogP contribution is -2.40. The summed E-state index contributed by atoms with van der Waals surface area (Å²) in [5, 5.41) is 5.41. The number of thiophene rings is 1. The molecule has 0 bridgehead atoms. The molecule has 1 fully saturated rings. The number of rotatable bonds is 5. The van der Waals surface area contributed by atoms with Crippen LogP contribution in [-0.4, -0.2) is 43.2 Å². The van der Waals surface area contributed by atoms with Crippen molar-refractivity contribution in [2.45, 2.75) is 24.7 Å². The van der Waals surface area contributed by atoms with E-state index in [1.165, 1.54) is 0 Å². The summed E-state index contributed by atoms with van der Waals surface area (Å²) in [6.45, 7) is 6.07. The van der Waals surface area contributed by atoms with Gasteiger partial charge in [-0.15, -0.1) is 35.5 Å². The maximum absolute atomic E-state index is 12.5. The molecule has 1 aliphatic rings. The number of carbonyl (C=O) groups excluding carboxylic acids is 1. The average molecular weight is 335 g/mol. The summed E-state index contributed by atoms with van der Waals surface area (Å²) in [7, 11) is 0. The molecule has 0 unspecified atom stereocenters. The van der Waals surface area contributed by atoms with Gasteiger partial charge in [-0.1, -0.05) is 6.92 Å². The van der Waals surface area contributed by atoms with Gasteiger partial charge >= 0.3 is 0 Å². The highest BCUT2D eigenvalue weighted by Crippen LogP contribution is 2.28. The Bertz CT molecular complexity index is 417. The number of thioether (sulfide) groups is 1. The zero-order valence-electron chi connectivity index (χ0n) is 12.1. The maximum Gasteiger partial charge on any atom is 0.265 e. The second-order valence-electron chi connectivity index (χ2n) is 4.86. The van der Waals surface area contributed by atoms with Gasteiger partial charge in [-0.25, -0.2) is 0 Å². The van der Waals surface area contributed by atoms with E-state index in [0.29, 0.717) is 0 Å². The highest BCUT2D eigenvalue weighted by molar-refractivity contribution is 7.98. The molecule has 0 aliphatic carbocycles. The molecular weight excluding hydrogens is 312 g/mol. The lowest BCUT2D eigenvalue weighted by atomic mass is 9.96. The van der Waals surface area contributed by atoms with Crippen molar-refractivity contribution in [3.8, 4) is 0 Å². The summed E-state index contributed by atoms with van der Waals surface area (Å²) in [6, 6.07) is 2.04. The van der Waals surface area contributed by atoms with Crippen LogP contribution in [0.1, 0.15) is 29.4 Å². The maximum atomic E-state index is 12.5. The third-order valence-corrected chi connectivity index (χ3v) is 5.44. The molecule has 0 spiro atoms. The van der Waals surface area contributed by atoms with E-state index in [1.54, 1.807) is 23.1 Å². The van der Waals surface area contributed by atoms with Crippen molar-refractivity contribution in [2.24, 2.45) is 5.92 Å². The average Bonchev–Trinajstić information content (AvgIpc) is 2.93. The molecule has 2 heterocycles. The van der Waals surface area contributed by atoms with Crippen molar-refractivity contribution in [3.63, 3.8) is 0 Å². The van der Waals surface area contributed by atoms with Crippen LogP contribution in [0.25, 0.3) is 0 Å². The second kappa shape index (κ2) is 8.93. The van der Waals surface area contributed by atoms with Crippen molar-refractivity contribution in [3.05, 3.63) is 16.3 Å². The van der Waals surface area contributed by atoms with Crippen molar-refractivity contribution in [1.82, 2.24) is 10.2 Å². The number of halogens is 1. The number of hydrogen-bond acceptors (Lipinski definition) is 4. The van der Waals surface area contributed by atoms with E-state index in [0.717, 1.165) is 54.7 Å². The molecule has 0 radical (unpaired) electrons. The standard InChI is InChI=1S/C14H22N2OS2.ClH/c1-3-15-10-11-4-7-16(8-5-11)14(17)13-12(18-2)6-9-19-13;/h6,9,11,15H,3-5,7-8,10H2,1-2H3;1H. The Balaban J connectivity index is 0.00000200. The first-order valence-electron chi connectivity index (χ1n) is 6.87. The minimum atomic E-state index is 0. The van der Waals surface area contributed by atoms with Gasteiger partial charge in [0.05, 0.1) is 0 Å². The van der Waals surface area contributed by atoms with Crippen LogP contribution in [-0.2, 0) is 0 Å². The SMILES string of the molecule is CCNCC1CCN(C(=O)c2sccc2SC)CC1.Cl. The minimum absolute atomic E-state index is 0. The van der Waals surface area contributed by atoms with Crippen LogP contribution in [0, 0.1) is 5.92 Å². The molecule has 0 aromatic carbocycles. The Morgan fingerprint density at radius 3 is 2.80 bits per heavy atom. The van der Waals surface area contributed by atoms with Crippen LogP contribution in [0.15, 0.2) is 16.3 Å². The first kappa shape index (κ1) is 17.8. The molecule has 1 saturated heterocycles. The van der Waals surface area contributed by atoms with Crippen LogP contribution >= 0.6 is 35.5 Å². The summed E-state index contributed by atoms with van der Waals surface area (Å²) in [6.07, 6.45) is 4.28. The van der Waals surface area contributed by atoms with Crippen LogP contribution in [0.5, 0.6) is 0 Å². The number of likely N-dealkylation sites (tertiary alicyclic amines) is 1. The second-order valence-corrected chi connectivity index (χ2v) is 6.63.